The average Bonchev–Trinajstić information content (AvgIpc) is 2.46. The maximum Gasteiger partial charge on any atom is 0.315 e. The highest BCUT2D eigenvalue weighted by atomic mass is 35.5. The van der Waals surface area contributed by atoms with Crippen LogP contribution >= 0.6 is 11.6 Å². The SMILES string of the molecule is O=C(NCCC1CS(=O)(=O)C1)N[C@@H]1CCCc2ccc(Cl)cc21. The van der Waals surface area contributed by atoms with Crippen molar-refractivity contribution in [1.82, 2.24) is 10.6 Å². The van der Waals surface area contributed by atoms with Crippen LogP contribution in [0.4, 0.5) is 4.79 Å². The van der Waals surface area contributed by atoms with Gasteiger partial charge in [-0.15, -0.1) is 0 Å². The summed E-state index contributed by atoms with van der Waals surface area (Å²) in [6.45, 7) is 0.501. The second kappa shape index (κ2) is 6.69. The Morgan fingerprint density at radius 1 is 1.30 bits per heavy atom. The van der Waals surface area contributed by atoms with Crippen LogP contribution in [0.2, 0.25) is 5.02 Å². The van der Waals surface area contributed by atoms with Gasteiger partial charge in [0, 0.05) is 11.6 Å². The van der Waals surface area contributed by atoms with Crippen molar-refractivity contribution in [1.29, 1.82) is 0 Å². The molecule has 2 amide bonds. The molecule has 0 spiro atoms. The second-order valence-electron chi connectivity index (χ2n) is 6.42. The van der Waals surface area contributed by atoms with Gasteiger partial charge in [-0.2, -0.15) is 0 Å². The molecule has 1 saturated heterocycles. The van der Waals surface area contributed by atoms with Gasteiger partial charge in [-0.25, -0.2) is 13.2 Å². The Morgan fingerprint density at radius 3 is 2.83 bits per heavy atom. The van der Waals surface area contributed by atoms with Gasteiger partial charge in [0.2, 0.25) is 0 Å². The number of sulfone groups is 1. The fourth-order valence-corrected chi connectivity index (χ4v) is 5.21. The van der Waals surface area contributed by atoms with Crippen LogP contribution in [-0.2, 0) is 16.3 Å². The maximum absolute atomic E-state index is 12.0. The number of hydrogen-bond acceptors (Lipinski definition) is 3. The van der Waals surface area contributed by atoms with Gasteiger partial charge in [0.25, 0.3) is 0 Å². The van der Waals surface area contributed by atoms with Crippen molar-refractivity contribution in [2.45, 2.75) is 31.7 Å². The summed E-state index contributed by atoms with van der Waals surface area (Å²) in [5, 5.41) is 6.51. The highest BCUT2D eigenvalue weighted by Gasteiger charge is 2.32. The van der Waals surface area contributed by atoms with E-state index in [1.165, 1.54) is 5.56 Å². The van der Waals surface area contributed by atoms with E-state index < -0.39 is 9.84 Å². The summed E-state index contributed by atoms with van der Waals surface area (Å²) in [5.74, 6) is 0.699. The van der Waals surface area contributed by atoms with Crippen molar-refractivity contribution in [3.05, 3.63) is 34.3 Å². The molecule has 3 rings (SSSR count). The van der Waals surface area contributed by atoms with Crippen LogP contribution in [0, 0.1) is 5.92 Å². The van der Waals surface area contributed by atoms with Crippen molar-refractivity contribution < 1.29 is 13.2 Å². The number of rotatable bonds is 4. The molecule has 0 aromatic heterocycles. The van der Waals surface area contributed by atoms with Crippen LogP contribution in [0.1, 0.15) is 36.4 Å². The first-order valence-electron chi connectivity index (χ1n) is 7.96. The van der Waals surface area contributed by atoms with E-state index >= 15 is 0 Å². The molecule has 2 N–H and O–H groups in total. The number of aryl methyl sites for hydroxylation is 1. The fourth-order valence-electron chi connectivity index (χ4n) is 3.36. The quantitative estimate of drug-likeness (QED) is 0.870. The standard InChI is InChI=1S/C16H21ClN2O3S/c17-13-5-4-12-2-1-3-15(14(12)8-13)19-16(20)18-7-6-11-9-23(21,22)10-11/h4-5,8,11,15H,1-3,6-7,9-10H2,(H2,18,19,20)/t15-/m1/s1. The summed E-state index contributed by atoms with van der Waals surface area (Å²) >= 11 is 6.06. The monoisotopic (exact) mass is 356 g/mol. The number of nitrogens with one attached hydrogen (secondary N) is 2. The van der Waals surface area contributed by atoms with E-state index in [-0.39, 0.29) is 29.5 Å². The van der Waals surface area contributed by atoms with Crippen LogP contribution in [0.5, 0.6) is 0 Å². The van der Waals surface area contributed by atoms with Crippen molar-refractivity contribution >= 4 is 27.5 Å². The summed E-state index contributed by atoms with van der Waals surface area (Å²) in [4.78, 5) is 12.0. The van der Waals surface area contributed by atoms with Gasteiger partial charge in [0.15, 0.2) is 9.84 Å². The molecule has 1 atom stereocenters. The molecular weight excluding hydrogens is 336 g/mol. The number of fused-ring (bicyclic) bond motifs is 1. The number of carbonyl (C=O) groups is 1. The second-order valence-corrected chi connectivity index (χ2v) is 9.01. The first kappa shape index (κ1) is 16.6. The molecule has 0 radical (unpaired) electrons. The normalized spacial score (nSPS) is 22.7. The molecule has 0 saturated carbocycles. The van der Waals surface area contributed by atoms with Crippen molar-refractivity contribution in [2.75, 3.05) is 18.1 Å². The van der Waals surface area contributed by atoms with Crippen molar-refractivity contribution in [3.63, 3.8) is 0 Å². The van der Waals surface area contributed by atoms with E-state index in [9.17, 15) is 13.2 Å². The van der Waals surface area contributed by atoms with E-state index in [0.717, 1.165) is 24.8 Å². The average molecular weight is 357 g/mol. The van der Waals surface area contributed by atoms with Crippen LogP contribution in [0.3, 0.4) is 0 Å². The Balaban J connectivity index is 1.48. The lowest BCUT2D eigenvalue weighted by atomic mass is 9.88. The Bertz CT molecular complexity index is 693. The third-order valence-electron chi connectivity index (χ3n) is 4.54. The minimum Gasteiger partial charge on any atom is -0.338 e. The van der Waals surface area contributed by atoms with Gasteiger partial charge in [-0.1, -0.05) is 17.7 Å². The molecule has 0 unspecified atom stereocenters. The van der Waals surface area contributed by atoms with Crippen LogP contribution in [0.25, 0.3) is 0 Å². The minimum atomic E-state index is -2.78. The van der Waals surface area contributed by atoms with E-state index in [1.807, 2.05) is 18.2 Å². The van der Waals surface area contributed by atoms with Gasteiger partial charge in [-0.3, -0.25) is 0 Å². The minimum absolute atomic E-state index is 0.0125. The number of urea groups is 1. The molecule has 1 fully saturated rings. The number of halogens is 1. The molecule has 23 heavy (non-hydrogen) atoms. The summed E-state index contributed by atoms with van der Waals surface area (Å²) in [5.41, 5.74) is 2.34. The lowest BCUT2D eigenvalue weighted by Crippen LogP contribution is -2.42. The maximum atomic E-state index is 12.0. The topological polar surface area (TPSA) is 75.3 Å². The van der Waals surface area contributed by atoms with Crippen LogP contribution < -0.4 is 10.6 Å². The zero-order chi connectivity index (χ0) is 16.4. The highest BCUT2D eigenvalue weighted by molar-refractivity contribution is 7.92. The van der Waals surface area contributed by atoms with Crippen molar-refractivity contribution in [3.8, 4) is 0 Å². The van der Waals surface area contributed by atoms with E-state index in [0.29, 0.717) is 18.0 Å². The zero-order valence-corrected chi connectivity index (χ0v) is 14.4. The fraction of sp³-hybridized carbons (Fsp3) is 0.562. The molecule has 126 valence electrons. The van der Waals surface area contributed by atoms with Gasteiger partial charge in [0.1, 0.15) is 0 Å². The third-order valence-corrected chi connectivity index (χ3v) is 6.74. The number of hydrogen-bond donors (Lipinski definition) is 2. The summed E-state index contributed by atoms with van der Waals surface area (Å²) in [6, 6.07) is 5.63. The predicted molar refractivity (Wildman–Crippen MR) is 90.4 cm³/mol. The zero-order valence-electron chi connectivity index (χ0n) is 12.8. The van der Waals surface area contributed by atoms with Gasteiger partial charge in [0.05, 0.1) is 17.5 Å². The molecule has 1 aromatic carbocycles. The summed E-state index contributed by atoms with van der Waals surface area (Å²) < 4.78 is 22.2. The highest BCUT2D eigenvalue weighted by Crippen LogP contribution is 2.31. The smallest absolute Gasteiger partial charge is 0.315 e. The Hall–Kier alpha value is -1.27. The van der Waals surface area contributed by atoms with E-state index in [4.69, 9.17) is 11.6 Å². The molecule has 1 aromatic rings. The Kier molecular flexibility index (Phi) is 4.82. The Labute approximate surface area is 141 Å². The van der Waals surface area contributed by atoms with Crippen molar-refractivity contribution in [2.24, 2.45) is 5.92 Å². The van der Waals surface area contributed by atoms with Crippen LogP contribution in [0.15, 0.2) is 18.2 Å². The largest absolute Gasteiger partial charge is 0.338 e. The lowest BCUT2D eigenvalue weighted by Gasteiger charge is -2.27. The third kappa shape index (κ3) is 4.18. The molecule has 1 aliphatic carbocycles. The number of benzene rings is 1. The summed E-state index contributed by atoms with van der Waals surface area (Å²) in [7, 11) is -2.78. The van der Waals surface area contributed by atoms with E-state index in [2.05, 4.69) is 10.6 Å². The Morgan fingerprint density at radius 2 is 2.09 bits per heavy atom. The van der Waals surface area contributed by atoms with Crippen LogP contribution in [-0.4, -0.2) is 32.5 Å². The van der Waals surface area contributed by atoms with E-state index in [1.54, 1.807) is 0 Å². The lowest BCUT2D eigenvalue weighted by molar-refractivity contribution is 0.235. The molecule has 2 aliphatic rings. The number of amides is 2. The molecule has 1 aliphatic heterocycles. The first-order valence-corrected chi connectivity index (χ1v) is 10.2. The molecular formula is C16H21ClN2O3S. The molecule has 0 bridgehead atoms. The molecule has 7 heteroatoms. The summed E-state index contributed by atoms with van der Waals surface area (Å²) in [6.07, 6.45) is 3.67. The molecule has 1 heterocycles. The molecule has 5 nitrogen and oxygen atoms in total. The first-order chi connectivity index (χ1) is 10.9. The number of carbonyl (C=O) groups excluding carboxylic acids is 1. The predicted octanol–water partition coefficient (Wildman–Crippen LogP) is 2.45. The van der Waals surface area contributed by atoms with Gasteiger partial charge < -0.3 is 10.6 Å². The van der Waals surface area contributed by atoms with Gasteiger partial charge >= 0.3 is 6.03 Å². The van der Waals surface area contributed by atoms with Gasteiger partial charge in [-0.05, 0) is 54.9 Å².